The van der Waals surface area contributed by atoms with Crippen LogP contribution in [-0.2, 0) is 4.74 Å². The van der Waals surface area contributed by atoms with E-state index in [1.807, 2.05) is 37.3 Å². The fraction of sp³-hybridized carbons (Fsp3) is 0.364. The van der Waals surface area contributed by atoms with E-state index in [2.05, 4.69) is 36.6 Å². The average molecular weight is 385 g/mol. The van der Waals surface area contributed by atoms with Crippen molar-refractivity contribution in [2.24, 2.45) is 5.92 Å². The van der Waals surface area contributed by atoms with Gasteiger partial charge < -0.3 is 15.4 Å². The van der Waals surface area contributed by atoms with Gasteiger partial charge in [-0.25, -0.2) is 4.79 Å². The molecule has 0 spiro atoms. The Bertz CT molecular complexity index is 775. The van der Waals surface area contributed by atoms with Crippen molar-refractivity contribution in [1.82, 2.24) is 5.32 Å². The van der Waals surface area contributed by atoms with Gasteiger partial charge in [-0.15, -0.1) is 0 Å². The van der Waals surface area contributed by atoms with E-state index in [9.17, 15) is 4.79 Å². The van der Waals surface area contributed by atoms with E-state index in [1.54, 1.807) is 13.0 Å². The molecule has 1 atom stereocenters. The second kappa shape index (κ2) is 10.1. The van der Waals surface area contributed by atoms with Crippen LogP contribution in [0.3, 0.4) is 0 Å². The number of rotatable bonds is 7. The molecule has 2 aromatic rings. The number of aryl methyl sites for hydroxylation is 1. The van der Waals surface area contributed by atoms with Gasteiger partial charge in [-0.2, -0.15) is 0 Å². The number of ether oxygens (including phenoxy) is 1. The third kappa shape index (κ3) is 6.36. The van der Waals surface area contributed by atoms with Crippen molar-refractivity contribution in [3.05, 3.63) is 65.2 Å². The number of hydrogen-bond acceptors (Lipinski definition) is 3. The Balaban J connectivity index is 2.08. The second-order valence-corrected chi connectivity index (χ2v) is 7.35. The van der Waals surface area contributed by atoms with Gasteiger partial charge in [0.15, 0.2) is 5.11 Å². The van der Waals surface area contributed by atoms with E-state index in [-0.39, 0.29) is 12.0 Å². The van der Waals surface area contributed by atoms with Gasteiger partial charge in [0.25, 0.3) is 0 Å². The normalized spacial score (nSPS) is 11.7. The van der Waals surface area contributed by atoms with Crippen molar-refractivity contribution in [1.29, 1.82) is 0 Å². The van der Waals surface area contributed by atoms with E-state index in [0.717, 1.165) is 17.7 Å². The van der Waals surface area contributed by atoms with Gasteiger partial charge in [0.05, 0.1) is 18.2 Å². The smallest absolute Gasteiger partial charge is 0.338 e. The summed E-state index contributed by atoms with van der Waals surface area (Å²) in [7, 11) is 0. The summed E-state index contributed by atoms with van der Waals surface area (Å²) in [4.78, 5) is 11.9. The van der Waals surface area contributed by atoms with Crippen molar-refractivity contribution < 1.29 is 9.53 Å². The Hall–Kier alpha value is -2.40. The maximum absolute atomic E-state index is 11.9. The number of benzene rings is 2. The van der Waals surface area contributed by atoms with Crippen LogP contribution in [0, 0.1) is 12.8 Å². The molecule has 1 unspecified atom stereocenters. The summed E-state index contributed by atoms with van der Waals surface area (Å²) in [6.07, 6.45) is 0.979. The van der Waals surface area contributed by atoms with Gasteiger partial charge >= 0.3 is 5.97 Å². The van der Waals surface area contributed by atoms with Crippen LogP contribution in [0.4, 0.5) is 5.69 Å². The highest BCUT2D eigenvalue weighted by atomic mass is 32.1. The van der Waals surface area contributed by atoms with Gasteiger partial charge in [-0.1, -0.05) is 44.2 Å². The lowest BCUT2D eigenvalue weighted by molar-refractivity contribution is 0.0526. The molecule has 0 bridgehead atoms. The topological polar surface area (TPSA) is 50.4 Å². The molecule has 0 saturated carbocycles. The molecule has 0 aliphatic rings. The second-order valence-electron chi connectivity index (χ2n) is 6.94. The Labute approximate surface area is 167 Å². The van der Waals surface area contributed by atoms with Crippen molar-refractivity contribution in [2.45, 2.75) is 40.2 Å². The molecule has 2 aromatic carbocycles. The fourth-order valence-electron chi connectivity index (χ4n) is 2.90. The number of nitrogens with one attached hydrogen (secondary N) is 2. The quantitative estimate of drug-likeness (QED) is 0.505. The van der Waals surface area contributed by atoms with E-state index in [4.69, 9.17) is 17.0 Å². The molecule has 0 aliphatic heterocycles. The lowest BCUT2D eigenvalue weighted by atomic mass is 9.97. The van der Waals surface area contributed by atoms with Crippen LogP contribution in [0.5, 0.6) is 0 Å². The SMILES string of the molecule is CCOC(=O)c1ccc(NC(=S)NC(CC(C)C)c2ccccc2)c(C)c1. The minimum atomic E-state index is -0.311. The van der Waals surface area contributed by atoms with E-state index >= 15 is 0 Å². The van der Waals surface area contributed by atoms with Gasteiger partial charge in [-0.3, -0.25) is 0 Å². The molecule has 144 valence electrons. The summed E-state index contributed by atoms with van der Waals surface area (Å²) in [5.41, 5.74) is 3.56. The maximum Gasteiger partial charge on any atom is 0.338 e. The number of thiocarbonyl (C=S) groups is 1. The van der Waals surface area contributed by atoms with Crippen LogP contribution < -0.4 is 10.6 Å². The molecule has 4 nitrogen and oxygen atoms in total. The average Bonchev–Trinajstić information content (AvgIpc) is 2.63. The Morgan fingerprint density at radius 3 is 2.44 bits per heavy atom. The molecular formula is C22H28N2O2S. The minimum Gasteiger partial charge on any atom is -0.462 e. The lowest BCUT2D eigenvalue weighted by Crippen LogP contribution is -2.33. The van der Waals surface area contributed by atoms with Gasteiger partial charge in [0.1, 0.15) is 0 Å². The summed E-state index contributed by atoms with van der Waals surface area (Å²) in [5, 5.41) is 7.24. The van der Waals surface area contributed by atoms with Crippen molar-refractivity contribution >= 4 is 29.0 Å². The van der Waals surface area contributed by atoms with Crippen molar-refractivity contribution in [3.8, 4) is 0 Å². The molecule has 0 fully saturated rings. The van der Waals surface area contributed by atoms with Crippen molar-refractivity contribution in [3.63, 3.8) is 0 Å². The molecule has 5 heteroatoms. The number of anilines is 1. The van der Waals surface area contributed by atoms with Crippen LogP contribution >= 0.6 is 12.2 Å². The van der Waals surface area contributed by atoms with Crippen LogP contribution in [0.2, 0.25) is 0 Å². The zero-order chi connectivity index (χ0) is 19.8. The predicted octanol–water partition coefficient (Wildman–Crippen LogP) is 5.25. The Morgan fingerprint density at radius 1 is 1.15 bits per heavy atom. The first kappa shape index (κ1) is 20.9. The summed E-state index contributed by atoms with van der Waals surface area (Å²) in [6.45, 7) is 8.50. The zero-order valence-corrected chi connectivity index (χ0v) is 17.2. The third-order valence-electron chi connectivity index (χ3n) is 4.20. The molecule has 27 heavy (non-hydrogen) atoms. The maximum atomic E-state index is 11.9. The lowest BCUT2D eigenvalue weighted by Gasteiger charge is -2.23. The summed E-state index contributed by atoms with van der Waals surface area (Å²) >= 11 is 5.54. The van der Waals surface area contributed by atoms with Crippen molar-refractivity contribution in [2.75, 3.05) is 11.9 Å². The minimum absolute atomic E-state index is 0.144. The number of hydrogen-bond donors (Lipinski definition) is 2. The third-order valence-corrected chi connectivity index (χ3v) is 4.42. The largest absolute Gasteiger partial charge is 0.462 e. The molecule has 2 rings (SSSR count). The molecule has 0 saturated heterocycles. The molecule has 2 N–H and O–H groups in total. The van der Waals surface area contributed by atoms with E-state index in [1.165, 1.54) is 5.56 Å². The van der Waals surface area contributed by atoms with Gasteiger partial charge in [-0.05, 0) is 67.7 Å². The van der Waals surface area contributed by atoms with Crippen LogP contribution in [0.1, 0.15) is 54.7 Å². The highest BCUT2D eigenvalue weighted by Gasteiger charge is 2.15. The molecule has 0 aromatic heterocycles. The zero-order valence-electron chi connectivity index (χ0n) is 16.4. The predicted molar refractivity (Wildman–Crippen MR) is 115 cm³/mol. The number of carbonyl (C=O) groups excluding carboxylic acids is 1. The molecule has 0 heterocycles. The molecule has 0 aliphatic carbocycles. The monoisotopic (exact) mass is 384 g/mol. The molecular weight excluding hydrogens is 356 g/mol. The summed E-state index contributed by atoms with van der Waals surface area (Å²) in [6, 6.07) is 15.9. The Kier molecular flexibility index (Phi) is 7.80. The summed E-state index contributed by atoms with van der Waals surface area (Å²) in [5.74, 6) is 0.227. The standard InChI is InChI=1S/C22H28N2O2S/c1-5-26-21(25)18-11-12-19(16(4)14-18)23-22(27)24-20(13-15(2)3)17-9-7-6-8-10-17/h6-12,14-15,20H,5,13H2,1-4H3,(H2,23,24,27). The molecule has 0 amide bonds. The highest BCUT2D eigenvalue weighted by molar-refractivity contribution is 7.80. The van der Waals surface area contributed by atoms with Crippen LogP contribution in [-0.4, -0.2) is 17.7 Å². The first-order valence-electron chi connectivity index (χ1n) is 9.31. The van der Waals surface area contributed by atoms with Crippen LogP contribution in [0.25, 0.3) is 0 Å². The first-order chi connectivity index (χ1) is 12.9. The molecule has 0 radical (unpaired) electrons. The van der Waals surface area contributed by atoms with Gasteiger partial charge in [0, 0.05) is 5.69 Å². The van der Waals surface area contributed by atoms with E-state index < -0.39 is 0 Å². The first-order valence-corrected chi connectivity index (χ1v) is 9.71. The van der Waals surface area contributed by atoms with Crippen LogP contribution in [0.15, 0.2) is 48.5 Å². The highest BCUT2D eigenvalue weighted by Crippen LogP contribution is 2.22. The van der Waals surface area contributed by atoms with E-state index in [0.29, 0.717) is 23.2 Å². The summed E-state index contributed by atoms with van der Waals surface area (Å²) < 4.78 is 5.04. The fourth-order valence-corrected chi connectivity index (χ4v) is 3.15. The number of esters is 1. The number of carbonyl (C=O) groups is 1. The Morgan fingerprint density at radius 2 is 1.85 bits per heavy atom. The van der Waals surface area contributed by atoms with Gasteiger partial charge in [0.2, 0.25) is 0 Å².